The number of hydrogen-bond acceptors (Lipinski definition) is 3. The molecule has 0 amide bonds. The molecule has 1 aliphatic heterocycles. The van der Waals surface area contributed by atoms with Crippen LogP contribution >= 0.6 is 0 Å². The van der Waals surface area contributed by atoms with Gasteiger partial charge in [0.15, 0.2) is 0 Å². The van der Waals surface area contributed by atoms with Crippen molar-refractivity contribution in [2.24, 2.45) is 11.8 Å². The molecule has 0 atom stereocenters. The number of carboxylic acid groups (broad SMARTS) is 1. The van der Waals surface area contributed by atoms with E-state index in [-0.39, 0.29) is 5.56 Å². The van der Waals surface area contributed by atoms with Crippen molar-refractivity contribution in [3.05, 3.63) is 82.7 Å². The first-order chi connectivity index (χ1) is 20.7. The maximum atomic E-state index is 10.6. The zero-order chi connectivity index (χ0) is 31.5. The maximum absolute atomic E-state index is 10.6. The Kier molecular flexibility index (Phi) is 17.9. The van der Waals surface area contributed by atoms with Gasteiger partial charge in [0.05, 0.1) is 11.3 Å². The molecule has 2 fully saturated rings. The second-order valence-electron chi connectivity index (χ2n) is 12.7. The number of carboxylic acids is 1. The van der Waals surface area contributed by atoms with Gasteiger partial charge in [0, 0.05) is 12.7 Å². The largest absolute Gasteiger partial charge is 0.478 e. The van der Waals surface area contributed by atoms with Gasteiger partial charge in [-0.05, 0) is 115 Å². The fourth-order valence-corrected chi connectivity index (χ4v) is 5.98. The van der Waals surface area contributed by atoms with Crippen molar-refractivity contribution in [3.63, 3.8) is 0 Å². The van der Waals surface area contributed by atoms with Crippen LogP contribution in [-0.2, 0) is 6.42 Å². The Morgan fingerprint density at radius 1 is 0.930 bits per heavy atom. The van der Waals surface area contributed by atoms with Crippen LogP contribution in [-0.4, -0.2) is 40.6 Å². The summed E-state index contributed by atoms with van der Waals surface area (Å²) in [6.07, 6.45) is 22.9. The average molecular weight is 589 g/mol. The lowest BCUT2D eigenvalue weighted by atomic mass is 9.80. The van der Waals surface area contributed by atoms with Crippen molar-refractivity contribution < 1.29 is 9.90 Å². The number of benzene rings is 1. The van der Waals surface area contributed by atoms with Crippen LogP contribution < -0.4 is 0 Å². The van der Waals surface area contributed by atoms with Gasteiger partial charge in [-0.1, -0.05) is 99.4 Å². The Labute approximate surface area is 263 Å². The molecule has 43 heavy (non-hydrogen) atoms. The highest BCUT2D eigenvalue weighted by Gasteiger charge is 2.23. The summed E-state index contributed by atoms with van der Waals surface area (Å²) in [6, 6.07) is 11.9. The van der Waals surface area contributed by atoms with E-state index in [2.05, 4.69) is 67.9 Å². The SMILES string of the molecule is C/C=C(/C)c1cc(C(=O)O)ccn1.C/C=C(\C)CN1CCC(CC2CCCCC2)CC1.CCCCCc1ccc(C)cc1. The molecule has 0 unspecified atom stereocenters. The predicted molar refractivity (Wildman–Crippen MR) is 185 cm³/mol. The van der Waals surface area contributed by atoms with Gasteiger partial charge < -0.3 is 5.11 Å². The molecule has 4 heteroatoms. The van der Waals surface area contributed by atoms with E-state index in [1.807, 2.05) is 19.9 Å². The number of unbranched alkanes of at least 4 members (excludes halogenated alkanes) is 2. The van der Waals surface area contributed by atoms with Gasteiger partial charge in [0.25, 0.3) is 0 Å². The molecule has 1 saturated carbocycles. The number of carbonyl (C=O) groups is 1. The summed E-state index contributed by atoms with van der Waals surface area (Å²) in [5, 5.41) is 8.72. The standard InChI is InChI=1S/C17H31N.C12H18.C10H11NO2/c1-3-15(2)14-18-11-9-17(10-12-18)13-16-7-5-4-6-8-16;1-3-4-5-6-12-9-7-11(2)8-10-12;1-3-7(2)9-6-8(10(12)13)4-5-11-9/h3,16-17H,4-14H2,1-2H3;7-10H,3-6H2,1-2H3;3-6H,1-2H3,(H,12,13)/b15-3+;;7-3-. The van der Waals surface area contributed by atoms with Crippen LogP contribution in [0.15, 0.2) is 60.3 Å². The zero-order valence-corrected chi connectivity index (χ0v) is 28.2. The van der Waals surface area contributed by atoms with Crippen molar-refractivity contribution in [3.8, 4) is 0 Å². The van der Waals surface area contributed by atoms with Crippen molar-refractivity contribution in [2.45, 2.75) is 119 Å². The highest BCUT2D eigenvalue weighted by atomic mass is 16.4. The molecule has 1 aromatic carbocycles. The summed E-state index contributed by atoms with van der Waals surface area (Å²) >= 11 is 0. The van der Waals surface area contributed by atoms with Crippen LogP contribution in [0.2, 0.25) is 0 Å². The van der Waals surface area contributed by atoms with Gasteiger partial charge in [-0.2, -0.15) is 0 Å². The van der Waals surface area contributed by atoms with Crippen molar-refractivity contribution in [1.82, 2.24) is 9.88 Å². The number of hydrogen-bond donors (Lipinski definition) is 1. The average Bonchev–Trinajstić information content (AvgIpc) is 3.04. The topological polar surface area (TPSA) is 53.4 Å². The smallest absolute Gasteiger partial charge is 0.335 e. The minimum atomic E-state index is -0.924. The van der Waals surface area contributed by atoms with Gasteiger partial charge in [-0.25, -0.2) is 4.79 Å². The molecule has 2 heterocycles. The predicted octanol–water partition coefficient (Wildman–Crippen LogP) is 10.6. The molecular weight excluding hydrogens is 528 g/mol. The number of allylic oxidation sites excluding steroid dienone is 3. The first-order valence-corrected chi connectivity index (χ1v) is 17.0. The molecule has 1 aromatic heterocycles. The fourth-order valence-electron chi connectivity index (χ4n) is 5.98. The summed E-state index contributed by atoms with van der Waals surface area (Å²) in [5.74, 6) is 1.19. The summed E-state index contributed by atoms with van der Waals surface area (Å²) < 4.78 is 0. The maximum Gasteiger partial charge on any atom is 0.335 e. The van der Waals surface area contributed by atoms with Gasteiger partial charge >= 0.3 is 5.97 Å². The third-order valence-corrected chi connectivity index (χ3v) is 9.10. The first-order valence-electron chi connectivity index (χ1n) is 17.0. The molecule has 2 aromatic rings. The minimum Gasteiger partial charge on any atom is -0.478 e. The third-order valence-electron chi connectivity index (χ3n) is 9.10. The van der Waals surface area contributed by atoms with Crippen LogP contribution in [0, 0.1) is 18.8 Å². The van der Waals surface area contributed by atoms with Gasteiger partial charge in [0.2, 0.25) is 0 Å². The molecule has 0 spiro atoms. The number of aromatic nitrogens is 1. The normalized spacial score (nSPS) is 17.0. The fraction of sp³-hybridized carbons (Fsp3) is 0.590. The molecule has 4 nitrogen and oxygen atoms in total. The van der Waals surface area contributed by atoms with Crippen LogP contribution in [0.3, 0.4) is 0 Å². The molecular formula is C39H60N2O2. The number of nitrogens with zero attached hydrogens (tertiary/aromatic N) is 2. The van der Waals surface area contributed by atoms with E-state index in [4.69, 9.17) is 5.11 Å². The van der Waals surface area contributed by atoms with E-state index < -0.39 is 5.97 Å². The Hall–Kier alpha value is -2.72. The second-order valence-corrected chi connectivity index (χ2v) is 12.7. The van der Waals surface area contributed by atoms with Crippen molar-refractivity contribution in [2.75, 3.05) is 19.6 Å². The lowest BCUT2D eigenvalue weighted by Gasteiger charge is -2.34. The number of piperidine rings is 1. The molecule has 1 saturated heterocycles. The molecule has 1 aliphatic carbocycles. The Balaban J connectivity index is 0.000000232. The van der Waals surface area contributed by atoms with Gasteiger partial charge in [-0.15, -0.1) is 0 Å². The lowest BCUT2D eigenvalue weighted by Crippen LogP contribution is -2.35. The number of pyridine rings is 1. The van der Waals surface area contributed by atoms with Crippen LogP contribution in [0.5, 0.6) is 0 Å². The lowest BCUT2D eigenvalue weighted by molar-refractivity contribution is 0.0696. The second kappa shape index (κ2) is 21.1. The van der Waals surface area contributed by atoms with Crippen molar-refractivity contribution >= 4 is 11.5 Å². The van der Waals surface area contributed by atoms with Crippen molar-refractivity contribution in [1.29, 1.82) is 0 Å². The van der Waals surface area contributed by atoms with E-state index in [0.29, 0.717) is 5.69 Å². The Bertz CT molecular complexity index is 1100. The summed E-state index contributed by atoms with van der Waals surface area (Å²) in [4.78, 5) is 17.3. The van der Waals surface area contributed by atoms with Gasteiger partial charge in [-0.3, -0.25) is 9.88 Å². The van der Waals surface area contributed by atoms with E-state index in [1.54, 1.807) is 6.07 Å². The van der Waals surface area contributed by atoms with Crippen LogP contribution in [0.1, 0.15) is 132 Å². The molecule has 1 N–H and O–H groups in total. The quantitative estimate of drug-likeness (QED) is 0.222. The number of aromatic carboxylic acids is 1. The molecule has 238 valence electrons. The first kappa shape index (κ1) is 36.5. The Morgan fingerprint density at radius 2 is 1.58 bits per heavy atom. The van der Waals surface area contributed by atoms with Crippen LogP contribution in [0.4, 0.5) is 0 Å². The van der Waals surface area contributed by atoms with E-state index in [0.717, 1.165) is 17.4 Å². The summed E-state index contributed by atoms with van der Waals surface area (Å²) in [7, 11) is 0. The number of likely N-dealkylation sites (tertiary alicyclic amines) is 1. The van der Waals surface area contributed by atoms with E-state index >= 15 is 0 Å². The van der Waals surface area contributed by atoms with E-state index in [9.17, 15) is 4.79 Å². The highest BCUT2D eigenvalue weighted by molar-refractivity contribution is 5.88. The van der Waals surface area contributed by atoms with Crippen LogP contribution in [0.25, 0.3) is 5.57 Å². The minimum absolute atomic E-state index is 0.270. The number of aryl methyl sites for hydroxylation is 2. The molecule has 2 aliphatic rings. The molecule has 4 rings (SSSR count). The third kappa shape index (κ3) is 15.0. The zero-order valence-electron chi connectivity index (χ0n) is 28.2. The highest BCUT2D eigenvalue weighted by Crippen LogP contribution is 2.33. The Morgan fingerprint density at radius 3 is 2.16 bits per heavy atom. The summed E-state index contributed by atoms with van der Waals surface area (Å²) in [6.45, 7) is 16.5. The van der Waals surface area contributed by atoms with E-state index in [1.165, 1.54) is 126 Å². The monoisotopic (exact) mass is 588 g/mol. The summed E-state index contributed by atoms with van der Waals surface area (Å²) in [5.41, 5.74) is 6.32. The number of rotatable bonds is 10. The molecule has 0 bridgehead atoms. The molecule has 0 radical (unpaired) electrons. The van der Waals surface area contributed by atoms with Gasteiger partial charge in [0.1, 0.15) is 0 Å².